The number of hydrogen-bond donors (Lipinski definition) is 2. The number of aliphatic carboxylic acids is 1. The molecule has 0 aliphatic heterocycles. The van der Waals surface area contributed by atoms with Gasteiger partial charge >= 0.3 is 5.97 Å². The Morgan fingerprint density at radius 2 is 2.11 bits per heavy atom. The average Bonchev–Trinajstić information content (AvgIpc) is 2.82. The SMILES string of the molecule is CNC(Cn1cc(C)cn1)(C(=O)O)c1ccccc1. The van der Waals surface area contributed by atoms with E-state index < -0.39 is 11.5 Å². The third-order valence-corrected chi connectivity index (χ3v) is 3.22. The molecule has 0 aliphatic carbocycles. The molecule has 0 fully saturated rings. The highest BCUT2D eigenvalue weighted by Gasteiger charge is 2.39. The van der Waals surface area contributed by atoms with Crippen LogP contribution in [0.1, 0.15) is 11.1 Å². The second kappa shape index (κ2) is 5.24. The molecule has 2 aromatic rings. The minimum Gasteiger partial charge on any atom is -0.480 e. The zero-order valence-corrected chi connectivity index (χ0v) is 11.0. The van der Waals surface area contributed by atoms with Crippen molar-refractivity contribution in [2.45, 2.75) is 19.0 Å². The number of carboxylic acids is 1. The molecule has 0 amide bonds. The van der Waals surface area contributed by atoms with Gasteiger partial charge < -0.3 is 5.11 Å². The number of benzene rings is 1. The van der Waals surface area contributed by atoms with E-state index in [0.717, 1.165) is 5.56 Å². The number of aromatic nitrogens is 2. The lowest BCUT2D eigenvalue weighted by atomic mass is 9.90. The lowest BCUT2D eigenvalue weighted by Gasteiger charge is -2.29. The van der Waals surface area contributed by atoms with Crippen molar-refractivity contribution in [1.29, 1.82) is 0 Å². The van der Waals surface area contributed by atoms with Crippen LogP contribution in [0.3, 0.4) is 0 Å². The Kier molecular flexibility index (Phi) is 3.66. The Hall–Kier alpha value is -2.14. The fourth-order valence-electron chi connectivity index (χ4n) is 2.13. The molecule has 0 radical (unpaired) electrons. The second-order valence-electron chi connectivity index (χ2n) is 4.54. The van der Waals surface area contributed by atoms with Crippen molar-refractivity contribution in [3.63, 3.8) is 0 Å². The minimum atomic E-state index is -1.18. The maximum atomic E-state index is 11.8. The van der Waals surface area contributed by atoms with Gasteiger partial charge in [-0.25, -0.2) is 4.79 Å². The highest BCUT2D eigenvalue weighted by Crippen LogP contribution is 2.23. The predicted molar refractivity (Wildman–Crippen MR) is 71.8 cm³/mol. The van der Waals surface area contributed by atoms with E-state index in [2.05, 4.69) is 10.4 Å². The lowest BCUT2D eigenvalue weighted by Crippen LogP contribution is -2.50. The van der Waals surface area contributed by atoms with Gasteiger partial charge in [0.05, 0.1) is 12.7 Å². The van der Waals surface area contributed by atoms with Crippen molar-refractivity contribution in [2.75, 3.05) is 7.05 Å². The maximum absolute atomic E-state index is 11.8. The number of aryl methyl sites for hydroxylation is 1. The molecule has 0 aliphatic rings. The first kappa shape index (κ1) is 13.3. The van der Waals surface area contributed by atoms with Gasteiger partial charge in [0.1, 0.15) is 0 Å². The molecular weight excluding hydrogens is 242 g/mol. The van der Waals surface area contributed by atoms with Crippen LogP contribution >= 0.6 is 0 Å². The summed E-state index contributed by atoms with van der Waals surface area (Å²) in [6, 6.07) is 9.14. The summed E-state index contributed by atoms with van der Waals surface area (Å²) in [6.07, 6.45) is 3.55. The Balaban J connectivity index is 2.43. The zero-order valence-electron chi connectivity index (χ0n) is 11.0. The van der Waals surface area contributed by atoms with E-state index in [1.807, 2.05) is 31.3 Å². The largest absolute Gasteiger partial charge is 0.480 e. The molecule has 0 saturated carbocycles. The first-order valence-corrected chi connectivity index (χ1v) is 6.05. The number of nitrogens with one attached hydrogen (secondary N) is 1. The molecule has 1 atom stereocenters. The third-order valence-electron chi connectivity index (χ3n) is 3.22. The van der Waals surface area contributed by atoms with Gasteiger partial charge in [-0.1, -0.05) is 30.3 Å². The van der Waals surface area contributed by atoms with Crippen LogP contribution in [0.4, 0.5) is 0 Å². The Labute approximate surface area is 111 Å². The molecule has 1 aromatic heterocycles. The van der Waals surface area contributed by atoms with E-state index in [1.54, 1.807) is 30.1 Å². The van der Waals surface area contributed by atoms with Crippen molar-refractivity contribution in [1.82, 2.24) is 15.1 Å². The number of likely N-dealkylation sites (N-methyl/N-ethyl adjacent to an activating group) is 1. The summed E-state index contributed by atoms with van der Waals surface area (Å²) in [4.78, 5) is 11.8. The van der Waals surface area contributed by atoms with Gasteiger partial charge in [0.15, 0.2) is 5.54 Å². The number of carboxylic acid groups (broad SMARTS) is 1. The van der Waals surface area contributed by atoms with E-state index in [1.165, 1.54) is 0 Å². The molecule has 0 bridgehead atoms. The quantitative estimate of drug-likeness (QED) is 0.851. The van der Waals surface area contributed by atoms with Crippen molar-refractivity contribution in [2.24, 2.45) is 0 Å². The third kappa shape index (κ3) is 2.51. The Morgan fingerprint density at radius 3 is 2.58 bits per heavy atom. The van der Waals surface area contributed by atoms with E-state index in [-0.39, 0.29) is 6.54 Å². The van der Waals surface area contributed by atoms with Crippen molar-refractivity contribution in [3.8, 4) is 0 Å². The van der Waals surface area contributed by atoms with Gasteiger partial charge in [-0.2, -0.15) is 5.10 Å². The molecule has 5 nitrogen and oxygen atoms in total. The van der Waals surface area contributed by atoms with Crippen LogP contribution in [0, 0.1) is 6.92 Å². The fraction of sp³-hybridized carbons (Fsp3) is 0.286. The summed E-state index contributed by atoms with van der Waals surface area (Å²) in [6.45, 7) is 2.16. The number of rotatable bonds is 5. The van der Waals surface area contributed by atoms with Gasteiger partial charge in [-0.3, -0.25) is 10.00 Å². The van der Waals surface area contributed by atoms with Crippen LogP contribution in [0.5, 0.6) is 0 Å². The lowest BCUT2D eigenvalue weighted by molar-refractivity contribution is -0.146. The summed E-state index contributed by atoms with van der Waals surface area (Å²) in [5.41, 5.74) is 0.529. The maximum Gasteiger partial charge on any atom is 0.330 e. The van der Waals surface area contributed by atoms with E-state index in [9.17, 15) is 9.90 Å². The zero-order chi connectivity index (χ0) is 13.9. The predicted octanol–water partition coefficient (Wildman–Crippen LogP) is 1.39. The summed E-state index contributed by atoms with van der Waals surface area (Å²) in [5, 5.41) is 16.7. The number of carbonyl (C=O) groups is 1. The van der Waals surface area contributed by atoms with Crippen LogP contribution in [0.25, 0.3) is 0 Å². The van der Waals surface area contributed by atoms with Gasteiger partial charge in [0, 0.05) is 6.20 Å². The van der Waals surface area contributed by atoms with Crippen LogP contribution in [0.15, 0.2) is 42.7 Å². The molecule has 5 heteroatoms. The van der Waals surface area contributed by atoms with E-state index in [0.29, 0.717) is 5.56 Å². The minimum absolute atomic E-state index is 0.233. The molecule has 1 aromatic carbocycles. The van der Waals surface area contributed by atoms with Crippen LogP contribution < -0.4 is 5.32 Å². The van der Waals surface area contributed by atoms with Crippen LogP contribution in [-0.4, -0.2) is 27.9 Å². The van der Waals surface area contributed by atoms with Crippen molar-refractivity contribution in [3.05, 3.63) is 53.9 Å². The molecule has 0 spiro atoms. The first-order valence-electron chi connectivity index (χ1n) is 6.05. The molecule has 2 rings (SSSR count). The molecule has 1 heterocycles. The molecule has 100 valence electrons. The van der Waals surface area contributed by atoms with Gasteiger partial charge in [-0.05, 0) is 25.1 Å². The van der Waals surface area contributed by atoms with Crippen molar-refractivity contribution < 1.29 is 9.90 Å². The molecule has 19 heavy (non-hydrogen) atoms. The van der Waals surface area contributed by atoms with Crippen LogP contribution in [0.2, 0.25) is 0 Å². The summed E-state index contributed by atoms with van der Waals surface area (Å²) in [5.74, 6) is -0.922. The van der Waals surface area contributed by atoms with Crippen molar-refractivity contribution >= 4 is 5.97 Å². The smallest absolute Gasteiger partial charge is 0.330 e. The topological polar surface area (TPSA) is 67.2 Å². The Morgan fingerprint density at radius 1 is 1.42 bits per heavy atom. The van der Waals surface area contributed by atoms with E-state index in [4.69, 9.17) is 0 Å². The standard InChI is InChI=1S/C14H17N3O2/c1-11-8-16-17(9-11)10-14(15-2,13(18)19)12-6-4-3-5-7-12/h3-9,15H,10H2,1-2H3,(H,18,19). The van der Waals surface area contributed by atoms with Gasteiger partial charge in [-0.15, -0.1) is 0 Å². The second-order valence-corrected chi connectivity index (χ2v) is 4.54. The summed E-state index contributed by atoms with van der Waals surface area (Å²) in [7, 11) is 1.65. The highest BCUT2D eigenvalue weighted by atomic mass is 16.4. The fourth-order valence-corrected chi connectivity index (χ4v) is 2.13. The highest BCUT2D eigenvalue weighted by molar-refractivity contribution is 5.80. The number of nitrogens with zero attached hydrogens (tertiary/aromatic N) is 2. The molecule has 2 N–H and O–H groups in total. The number of hydrogen-bond acceptors (Lipinski definition) is 3. The summed E-state index contributed by atoms with van der Waals surface area (Å²) >= 11 is 0. The van der Waals surface area contributed by atoms with Gasteiger partial charge in [0.2, 0.25) is 0 Å². The Bertz CT molecular complexity index is 565. The van der Waals surface area contributed by atoms with Crippen LogP contribution in [-0.2, 0) is 16.9 Å². The normalized spacial score (nSPS) is 14.0. The van der Waals surface area contributed by atoms with E-state index >= 15 is 0 Å². The molecule has 0 saturated heterocycles. The monoisotopic (exact) mass is 259 g/mol. The first-order chi connectivity index (χ1) is 9.08. The molecular formula is C14H17N3O2. The molecule has 1 unspecified atom stereocenters. The average molecular weight is 259 g/mol. The summed E-state index contributed by atoms with van der Waals surface area (Å²) < 4.78 is 1.65. The van der Waals surface area contributed by atoms with Gasteiger partial charge in [0.25, 0.3) is 0 Å².